The second-order valence-corrected chi connectivity index (χ2v) is 2.40. The summed E-state index contributed by atoms with van der Waals surface area (Å²) in [6.07, 6.45) is 8.42. The average Bonchev–Trinajstić information content (AvgIpc) is 2.58. The molecule has 2 heterocycles. The maximum Gasteiger partial charge on any atom is 0.0515 e. The van der Waals surface area contributed by atoms with Crippen LogP contribution in [0.4, 0.5) is 0 Å². The molecule has 1 aromatic rings. The Kier molecular flexibility index (Phi) is 1.52. The molecule has 2 heteroatoms. The summed E-state index contributed by atoms with van der Waals surface area (Å²) >= 11 is 0. The molecule has 0 unspecified atom stereocenters. The van der Waals surface area contributed by atoms with Gasteiger partial charge >= 0.3 is 0 Å². The van der Waals surface area contributed by atoms with E-state index in [9.17, 15) is 0 Å². The quantitative estimate of drug-likeness (QED) is 0.589. The van der Waals surface area contributed by atoms with Gasteiger partial charge in [-0.1, -0.05) is 6.08 Å². The second kappa shape index (κ2) is 2.66. The zero-order valence-electron chi connectivity index (χ0n) is 6.07. The molecule has 2 rings (SSSR count). The number of hydrogen-bond donors (Lipinski definition) is 0. The highest BCUT2D eigenvalue weighted by molar-refractivity contribution is 6.02. The number of allylic oxidation sites excluding steroid dienone is 1. The lowest BCUT2D eigenvalue weighted by Gasteiger charge is -1.96. The summed E-state index contributed by atoms with van der Waals surface area (Å²) in [5.74, 6) is 0. The summed E-state index contributed by atoms with van der Waals surface area (Å²) < 4.78 is 0. The highest BCUT2D eigenvalue weighted by Gasteiger charge is 2.02. The largest absolute Gasteiger partial charge is 0.265 e. The van der Waals surface area contributed by atoms with Crippen molar-refractivity contribution in [3.8, 4) is 0 Å². The molecule has 0 atom stereocenters. The van der Waals surface area contributed by atoms with E-state index in [0.717, 1.165) is 12.1 Å². The second-order valence-electron chi connectivity index (χ2n) is 2.40. The summed E-state index contributed by atoms with van der Waals surface area (Å²) in [6, 6.07) is 3.96. The summed E-state index contributed by atoms with van der Waals surface area (Å²) in [5, 5.41) is 0. The van der Waals surface area contributed by atoms with Gasteiger partial charge < -0.3 is 0 Å². The van der Waals surface area contributed by atoms with E-state index in [-0.39, 0.29) is 0 Å². The topological polar surface area (TPSA) is 25.2 Å². The van der Waals surface area contributed by atoms with Crippen molar-refractivity contribution in [3.05, 3.63) is 42.4 Å². The highest BCUT2D eigenvalue weighted by Crippen LogP contribution is 2.08. The highest BCUT2D eigenvalue weighted by atomic mass is 14.7. The maximum atomic E-state index is 4.21. The zero-order chi connectivity index (χ0) is 7.52. The van der Waals surface area contributed by atoms with E-state index in [1.54, 1.807) is 12.4 Å². The number of rotatable bonds is 1. The number of pyridine rings is 1. The third-order valence-corrected chi connectivity index (χ3v) is 1.66. The smallest absolute Gasteiger partial charge is 0.0515 e. The van der Waals surface area contributed by atoms with Crippen LogP contribution < -0.4 is 0 Å². The molecule has 0 radical (unpaired) electrons. The molecule has 0 bridgehead atoms. The average molecular weight is 144 g/mol. The van der Waals surface area contributed by atoms with Crippen LogP contribution >= 0.6 is 0 Å². The Morgan fingerprint density at radius 3 is 2.64 bits per heavy atom. The molecule has 54 valence electrons. The normalized spacial score (nSPS) is 15.1. The molecule has 0 N–H and O–H groups in total. The minimum absolute atomic E-state index is 0.948. The molecule has 0 amide bonds. The molecule has 1 aliphatic rings. The SMILES string of the molecule is C1=CN=C(c2ccncc2)C1. The van der Waals surface area contributed by atoms with Crippen LogP contribution in [0.15, 0.2) is 41.8 Å². The van der Waals surface area contributed by atoms with Gasteiger partial charge in [0, 0.05) is 25.0 Å². The van der Waals surface area contributed by atoms with Crippen molar-refractivity contribution in [2.45, 2.75) is 6.42 Å². The van der Waals surface area contributed by atoms with Crippen molar-refractivity contribution in [2.75, 3.05) is 0 Å². The van der Waals surface area contributed by atoms with Crippen molar-refractivity contribution in [1.29, 1.82) is 0 Å². The van der Waals surface area contributed by atoms with Crippen molar-refractivity contribution < 1.29 is 0 Å². The van der Waals surface area contributed by atoms with Crippen molar-refractivity contribution in [2.24, 2.45) is 4.99 Å². The first kappa shape index (κ1) is 6.28. The van der Waals surface area contributed by atoms with E-state index in [1.165, 1.54) is 5.56 Å². The number of hydrogen-bond acceptors (Lipinski definition) is 2. The van der Waals surface area contributed by atoms with Gasteiger partial charge in [0.1, 0.15) is 0 Å². The predicted molar refractivity (Wildman–Crippen MR) is 44.5 cm³/mol. The Hall–Kier alpha value is -1.44. The summed E-state index contributed by atoms with van der Waals surface area (Å²) in [6.45, 7) is 0. The van der Waals surface area contributed by atoms with E-state index in [4.69, 9.17) is 0 Å². The Morgan fingerprint density at radius 2 is 2.00 bits per heavy atom. The van der Waals surface area contributed by atoms with E-state index in [2.05, 4.69) is 16.1 Å². The van der Waals surface area contributed by atoms with Crippen LogP contribution in [0.5, 0.6) is 0 Å². The van der Waals surface area contributed by atoms with Crippen LogP contribution in [-0.2, 0) is 0 Å². The molecular weight excluding hydrogens is 136 g/mol. The lowest BCUT2D eigenvalue weighted by Crippen LogP contribution is -1.95. The van der Waals surface area contributed by atoms with Gasteiger partial charge in [-0.2, -0.15) is 0 Å². The van der Waals surface area contributed by atoms with E-state index in [0.29, 0.717) is 0 Å². The summed E-state index contributed by atoms with van der Waals surface area (Å²) in [7, 11) is 0. The monoisotopic (exact) mass is 144 g/mol. The molecule has 0 fully saturated rings. The van der Waals surface area contributed by atoms with Crippen LogP contribution in [-0.4, -0.2) is 10.7 Å². The molecule has 0 aromatic carbocycles. The molecule has 1 aliphatic heterocycles. The van der Waals surface area contributed by atoms with Gasteiger partial charge in [-0.25, -0.2) is 0 Å². The van der Waals surface area contributed by atoms with Crippen LogP contribution in [0, 0.1) is 0 Å². The van der Waals surface area contributed by atoms with Crippen LogP contribution in [0.1, 0.15) is 12.0 Å². The predicted octanol–water partition coefficient (Wildman–Crippen LogP) is 1.79. The fourth-order valence-corrected chi connectivity index (χ4v) is 1.10. The Bertz CT molecular complexity index is 299. The third-order valence-electron chi connectivity index (χ3n) is 1.66. The molecule has 11 heavy (non-hydrogen) atoms. The minimum atomic E-state index is 0.948. The molecule has 2 nitrogen and oxygen atoms in total. The van der Waals surface area contributed by atoms with E-state index < -0.39 is 0 Å². The number of aliphatic imine (C=N–C) groups is 1. The van der Waals surface area contributed by atoms with Crippen molar-refractivity contribution in [1.82, 2.24) is 4.98 Å². The number of aromatic nitrogens is 1. The van der Waals surface area contributed by atoms with Crippen LogP contribution in [0.25, 0.3) is 0 Å². The maximum absolute atomic E-state index is 4.21. The van der Waals surface area contributed by atoms with E-state index in [1.807, 2.05) is 18.3 Å². The minimum Gasteiger partial charge on any atom is -0.265 e. The third kappa shape index (κ3) is 1.19. The first-order chi connectivity index (χ1) is 5.47. The van der Waals surface area contributed by atoms with Gasteiger partial charge in [-0.05, 0) is 17.7 Å². The van der Waals surface area contributed by atoms with Gasteiger partial charge in [0.2, 0.25) is 0 Å². The van der Waals surface area contributed by atoms with Gasteiger partial charge in [-0.15, -0.1) is 0 Å². The summed E-state index contributed by atoms with van der Waals surface area (Å²) in [5.41, 5.74) is 2.30. The molecular formula is C9H8N2. The molecule has 0 aliphatic carbocycles. The zero-order valence-corrected chi connectivity index (χ0v) is 6.07. The van der Waals surface area contributed by atoms with Gasteiger partial charge in [0.25, 0.3) is 0 Å². The lowest BCUT2D eigenvalue weighted by atomic mass is 10.1. The van der Waals surface area contributed by atoms with Crippen molar-refractivity contribution >= 4 is 5.71 Å². The van der Waals surface area contributed by atoms with E-state index >= 15 is 0 Å². The van der Waals surface area contributed by atoms with Gasteiger partial charge in [-0.3, -0.25) is 9.98 Å². The van der Waals surface area contributed by atoms with Gasteiger partial charge in [0.05, 0.1) is 5.71 Å². The summed E-state index contributed by atoms with van der Waals surface area (Å²) in [4.78, 5) is 8.16. The van der Waals surface area contributed by atoms with Crippen LogP contribution in [0.2, 0.25) is 0 Å². The first-order valence-corrected chi connectivity index (χ1v) is 3.59. The molecule has 0 spiro atoms. The molecule has 0 saturated carbocycles. The Morgan fingerprint density at radius 1 is 1.18 bits per heavy atom. The Labute approximate surface area is 65.3 Å². The lowest BCUT2D eigenvalue weighted by molar-refractivity contribution is 1.31. The number of nitrogens with zero attached hydrogens (tertiary/aromatic N) is 2. The Balaban J connectivity index is 2.31. The fourth-order valence-electron chi connectivity index (χ4n) is 1.10. The van der Waals surface area contributed by atoms with Crippen LogP contribution in [0.3, 0.4) is 0 Å². The van der Waals surface area contributed by atoms with Gasteiger partial charge in [0.15, 0.2) is 0 Å². The fraction of sp³-hybridized carbons (Fsp3) is 0.111. The standard InChI is InChI=1S/C9H8N2/c1-2-9(11-5-1)8-3-6-10-7-4-8/h1,3-7H,2H2. The first-order valence-electron chi connectivity index (χ1n) is 3.59. The van der Waals surface area contributed by atoms with Crippen molar-refractivity contribution in [3.63, 3.8) is 0 Å². The molecule has 1 aromatic heterocycles. The molecule has 0 saturated heterocycles.